The molecule has 182 valence electrons. The molecule has 3 rings (SSSR count). The van der Waals surface area contributed by atoms with Crippen molar-refractivity contribution in [1.29, 1.82) is 0 Å². The summed E-state index contributed by atoms with van der Waals surface area (Å²) in [5.41, 5.74) is 3.45. The Balaban J connectivity index is 2.08. The third kappa shape index (κ3) is 5.06. The lowest BCUT2D eigenvalue weighted by molar-refractivity contribution is 0.0885. The monoisotopic (exact) mass is 466 g/mol. The molecule has 2 N–H and O–H groups in total. The van der Waals surface area contributed by atoms with E-state index in [0.717, 1.165) is 18.4 Å². The van der Waals surface area contributed by atoms with E-state index in [9.17, 15) is 15.0 Å². The molecule has 0 spiro atoms. The average Bonchev–Trinajstić information content (AvgIpc) is 2.84. The number of ketones is 1. The maximum Gasteiger partial charge on any atom is 0.211 e. The predicted octanol–water partition coefficient (Wildman–Crippen LogP) is 6.17. The fourth-order valence-electron chi connectivity index (χ4n) is 4.71. The minimum absolute atomic E-state index is 0.0692. The summed E-state index contributed by atoms with van der Waals surface area (Å²) in [5, 5.41) is 21.8. The topological polar surface area (TPSA) is 85.2 Å². The molecular formula is C28H34O6. The van der Waals surface area contributed by atoms with Crippen molar-refractivity contribution in [3.05, 3.63) is 64.8 Å². The maximum atomic E-state index is 14.0. The lowest BCUT2D eigenvalue weighted by atomic mass is 9.71. The normalized spacial score (nSPS) is 17.5. The molecule has 0 heterocycles. The van der Waals surface area contributed by atoms with Crippen LogP contribution >= 0.6 is 0 Å². The van der Waals surface area contributed by atoms with Gasteiger partial charge in [-0.15, -0.1) is 0 Å². The lowest BCUT2D eigenvalue weighted by Crippen LogP contribution is -2.26. The zero-order valence-electron chi connectivity index (χ0n) is 20.6. The molecule has 0 radical (unpaired) electrons. The van der Waals surface area contributed by atoms with Crippen molar-refractivity contribution in [1.82, 2.24) is 0 Å². The number of benzene rings is 2. The summed E-state index contributed by atoms with van der Waals surface area (Å²) in [6.07, 6.45) is 7.50. The summed E-state index contributed by atoms with van der Waals surface area (Å²) in [4.78, 5) is 14.0. The number of ether oxygens (including phenoxy) is 3. The summed E-state index contributed by atoms with van der Waals surface area (Å²) in [6.45, 7) is 4.15. The van der Waals surface area contributed by atoms with Gasteiger partial charge < -0.3 is 24.4 Å². The van der Waals surface area contributed by atoms with Gasteiger partial charge in [0.15, 0.2) is 17.3 Å². The van der Waals surface area contributed by atoms with Crippen LogP contribution in [0, 0.1) is 5.92 Å². The smallest absolute Gasteiger partial charge is 0.211 e. The molecule has 1 aliphatic carbocycles. The van der Waals surface area contributed by atoms with E-state index in [0.29, 0.717) is 12.8 Å². The minimum atomic E-state index is -0.439. The third-order valence-electron chi connectivity index (χ3n) is 6.38. The molecule has 0 saturated carbocycles. The molecule has 34 heavy (non-hydrogen) atoms. The Morgan fingerprint density at radius 2 is 1.59 bits per heavy atom. The second kappa shape index (κ2) is 11.1. The largest absolute Gasteiger partial charge is 0.504 e. The number of carbonyl (C=O) groups is 1. The van der Waals surface area contributed by atoms with E-state index in [1.165, 1.54) is 32.5 Å². The van der Waals surface area contributed by atoms with Gasteiger partial charge >= 0.3 is 0 Å². The minimum Gasteiger partial charge on any atom is -0.504 e. The van der Waals surface area contributed by atoms with Crippen molar-refractivity contribution in [2.75, 3.05) is 21.3 Å². The molecule has 6 nitrogen and oxygen atoms in total. The molecule has 0 saturated heterocycles. The third-order valence-corrected chi connectivity index (χ3v) is 6.38. The van der Waals surface area contributed by atoms with Gasteiger partial charge in [0.1, 0.15) is 5.56 Å². The van der Waals surface area contributed by atoms with E-state index in [2.05, 4.69) is 26.0 Å². The Kier molecular flexibility index (Phi) is 8.26. The number of phenolic OH excluding ortho intramolecular Hbond substituents is 2. The first-order valence-corrected chi connectivity index (χ1v) is 11.5. The number of phenols is 2. The molecule has 0 amide bonds. The van der Waals surface area contributed by atoms with Gasteiger partial charge in [-0.1, -0.05) is 53.6 Å². The van der Waals surface area contributed by atoms with Crippen LogP contribution in [0.15, 0.2) is 53.6 Å². The number of carbonyl (C=O) groups excluding carboxylic acids is 1. The molecule has 0 fully saturated rings. The van der Waals surface area contributed by atoms with Crippen LogP contribution in [0.25, 0.3) is 0 Å². The Morgan fingerprint density at radius 3 is 2.18 bits per heavy atom. The second-order valence-electron chi connectivity index (χ2n) is 8.78. The van der Waals surface area contributed by atoms with Crippen LogP contribution in [0.5, 0.6) is 28.7 Å². The van der Waals surface area contributed by atoms with Crippen molar-refractivity contribution in [2.45, 2.75) is 45.4 Å². The lowest BCUT2D eigenvalue weighted by Gasteiger charge is -2.32. The van der Waals surface area contributed by atoms with Crippen LogP contribution in [0.2, 0.25) is 0 Å². The summed E-state index contributed by atoms with van der Waals surface area (Å²) >= 11 is 0. The van der Waals surface area contributed by atoms with Gasteiger partial charge in [-0.2, -0.15) is 0 Å². The summed E-state index contributed by atoms with van der Waals surface area (Å²) in [7, 11) is 4.03. The molecule has 0 aromatic heterocycles. The molecule has 2 aromatic carbocycles. The Morgan fingerprint density at radius 1 is 0.971 bits per heavy atom. The fraction of sp³-hybridized carbons (Fsp3) is 0.393. The molecule has 0 aliphatic heterocycles. The summed E-state index contributed by atoms with van der Waals surface area (Å²) < 4.78 is 15.9. The van der Waals surface area contributed by atoms with Gasteiger partial charge in [0.2, 0.25) is 17.2 Å². The maximum absolute atomic E-state index is 14.0. The van der Waals surface area contributed by atoms with Crippen LogP contribution < -0.4 is 14.2 Å². The van der Waals surface area contributed by atoms with Crippen LogP contribution in [-0.2, 0) is 0 Å². The number of hydrogen-bond donors (Lipinski definition) is 2. The van der Waals surface area contributed by atoms with E-state index in [4.69, 9.17) is 14.2 Å². The highest BCUT2D eigenvalue weighted by atomic mass is 16.5. The van der Waals surface area contributed by atoms with Crippen molar-refractivity contribution >= 4 is 5.78 Å². The highest BCUT2D eigenvalue weighted by Gasteiger charge is 2.38. The van der Waals surface area contributed by atoms with E-state index >= 15 is 0 Å². The predicted molar refractivity (Wildman–Crippen MR) is 132 cm³/mol. The fourth-order valence-corrected chi connectivity index (χ4v) is 4.71. The Bertz CT molecular complexity index is 1080. The van der Waals surface area contributed by atoms with Crippen molar-refractivity contribution in [3.63, 3.8) is 0 Å². The number of Topliss-reactive ketones (excluding diaryl/α,β-unsaturated/α-hetero) is 1. The van der Waals surface area contributed by atoms with Gasteiger partial charge in [0.05, 0.1) is 21.3 Å². The number of methoxy groups -OCH3 is 3. The van der Waals surface area contributed by atoms with Crippen molar-refractivity contribution in [3.8, 4) is 28.7 Å². The molecule has 6 heteroatoms. The molecular weight excluding hydrogens is 432 g/mol. The highest BCUT2D eigenvalue weighted by Crippen LogP contribution is 2.54. The first-order chi connectivity index (χ1) is 16.3. The number of rotatable bonds is 9. The second-order valence-corrected chi connectivity index (χ2v) is 8.78. The van der Waals surface area contributed by atoms with E-state index < -0.39 is 11.7 Å². The van der Waals surface area contributed by atoms with Gasteiger partial charge in [-0.05, 0) is 51.0 Å². The van der Waals surface area contributed by atoms with Crippen LogP contribution in [0.1, 0.15) is 61.4 Å². The standard InChI is InChI=1S/C28H34O6/c1-17(2)10-9-11-18-14-15-20(19-12-7-6-8-13-19)21(16-18)23(29)22-24(30)27(33-4)28(34-5)25(31)26(22)32-3/h6-8,10,12-14,20-21,30-31H,9,11,15-16H2,1-5H3/t20-,21+/m0/s1. The van der Waals surface area contributed by atoms with Crippen molar-refractivity contribution < 1.29 is 29.2 Å². The van der Waals surface area contributed by atoms with Gasteiger partial charge in [0, 0.05) is 5.92 Å². The molecule has 0 unspecified atom stereocenters. The van der Waals surface area contributed by atoms with Crippen LogP contribution in [0.3, 0.4) is 0 Å². The SMILES string of the molecule is COc1c(O)c(OC)c(C(=O)[C@@H]2CC(CCC=C(C)C)=CC[C@H]2c2ccccc2)c(O)c1OC. The number of allylic oxidation sites excluding steroid dienone is 4. The van der Waals surface area contributed by atoms with Gasteiger partial charge in [-0.3, -0.25) is 4.79 Å². The van der Waals surface area contributed by atoms with E-state index in [-0.39, 0.29) is 40.3 Å². The molecule has 2 aromatic rings. The van der Waals surface area contributed by atoms with Crippen LogP contribution in [0.4, 0.5) is 0 Å². The number of aromatic hydroxyl groups is 2. The summed E-state index contributed by atoms with van der Waals surface area (Å²) in [5.74, 6) is -1.89. The van der Waals surface area contributed by atoms with E-state index in [1.807, 2.05) is 30.3 Å². The average molecular weight is 467 g/mol. The molecule has 2 atom stereocenters. The zero-order chi connectivity index (χ0) is 24.8. The van der Waals surface area contributed by atoms with Gasteiger partial charge in [-0.25, -0.2) is 0 Å². The highest BCUT2D eigenvalue weighted by molar-refractivity contribution is 6.05. The first kappa shape index (κ1) is 25.2. The van der Waals surface area contributed by atoms with Crippen molar-refractivity contribution in [2.24, 2.45) is 5.92 Å². The molecule has 0 bridgehead atoms. The summed E-state index contributed by atoms with van der Waals surface area (Å²) in [6, 6.07) is 9.92. The van der Waals surface area contributed by atoms with Crippen LogP contribution in [-0.4, -0.2) is 37.3 Å². The van der Waals surface area contributed by atoms with Gasteiger partial charge in [0.25, 0.3) is 0 Å². The Hall–Kier alpha value is -3.41. The zero-order valence-corrected chi connectivity index (χ0v) is 20.6. The number of hydrogen-bond acceptors (Lipinski definition) is 6. The van der Waals surface area contributed by atoms with E-state index in [1.54, 1.807) is 0 Å². The molecule has 1 aliphatic rings. The Labute approximate surface area is 201 Å². The first-order valence-electron chi connectivity index (χ1n) is 11.5. The quantitative estimate of drug-likeness (QED) is 0.261.